The van der Waals surface area contributed by atoms with Gasteiger partial charge in [-0.05, 0) is 50.5 Å². The van der Waals surface area contributed by atoms with Crippen LogP contribution in [0.5, 0.6) is 0 Å². The van der Waals surface area contributed by atoms with Crippen molar-refractivity contribution in [3.8, 4) is 0 Å². The monoisotopic (exact) mass is 251 g/mol. The van der Waals surface area contributed by atoms with E-state index in [1.165, 1.54) is 57.8 Å². The van der Waals surface area contributed by atoms with Gasteiger partial charge in [-0.15, -0.1) is 6.58 Å². The molecular formula is C17H33N. The second kappa shape index (κ2) is 9.61. The molecule has 0 aromatic rings. The largest absolute Gasteiger partial charge is 0.314 e. The lowest BCUT2D eigenvalue weighted by atomic mass is 9.91. The summed E-state index contributed by atoms with van der Waals surface area (Å²) < 4.78 is 0. The summed E-state index contributed by atoms with van der Waals surface area (Å²) in [5, 5.41) is 3.74. The normalized spacial score (nSPS) is 25.2. The molecule has 1 heteroatoms. The molecule has 0 aromatic carbocycles. The molecule has 1 aliphatic carbocycles. The first kappa shape index (κ1) is 15.8. The van der Waals surface area contributed by atoms with Gasteiger partial charge < -0.3 is 5.32 Å². The average molecular weight is 251 g/mol. The van der Waals surface area contributed by atoms with Gasteiger partial charge in [0.15, 0.2) is 0 Å². The summed E-state index contributed by atoms with van der Waals surface area (Å²) in [5.41, 5.74) is 0. The van der Waals surface area contributed by atoms with Gasteiger partial charge in [-0.3, -0.25) is 0 Å². The summed E-state index contributed by atoms with van der Waals surface area (Å²) in [6.45, 7) is 9.52. The molecular weight excluding hydrogens is 218 g/mol. The third-order valence-electron chi connectivity index (χ3n) is 4.62. The van der Waals surface area contributed by atoms with Gasteiger partial charge in [-0.2, -0.15) is 0 Å². The molecule has 0 saturated heterocycles. The maximum atomic E-state index is 3.79. The average Bonchev–Trinajstić information content (AvgIpc) is 2.86. The van der Waals surface area contributed by atoms with E-state index in [1.54, 1.807) is 0 Å². The summed E-state index contributed by atoms with van der Waals surface area (Å²) in [5.74, 6) is 1.96. The van der Waals surface area contributed by atoms with Crippen molar-refractivity contribution >= 4 is 0 Å². The number of hydrogen-bond donors (Lipinski definition) is 1. The molecule has 0 amide bonds. The second-order valence-electron chi connectivity index (χ2n) is 5.94. The Labute approximate surface area is 114 Å². The van der Waals surface area contributed by atoms with Crippen LogP contribution in [0.4, 0.5) is 0 Å². The van der Waals surface area contributed by atoms with Crippen molar-refractivity contribution in [1.82, 2.24) is 5.32 Å². The van der Waals surface area contributed by atoms with Crippen molar-refractivity contribution < 1.29 is 0 Å². The van der Waals surface area contributed by atoms with Gasteiger partial charge in [0.25, 0.3) is 0 Å². The van der Waals surface area contributed by atoms with Crippen LogP contribution in [0.2, 0.25) is 0 Å². The predicted octanol–water partition coefficient (Wildman–Crippen LogP) is 4.93. The predicted molar refractivity (Wildman–Crippen MR) is 81.9 cm³/mol. The standard InChI is InChI=1S/C17H33N/c1-4-7-8-9-10-11-17(18-6-3)16-13-12-15(5-2)14-16/h4,15-18H,1,5-14H2,2-3H3. The number of nitrogens with one attached hydrogen (secondary N) is 1. The Balaban J connectivity index is 2.24. The van der Waals surface area contributed by atoms with Gasteiger partial charge in [0.1, 0.15) is 0 Å². The van der Waals surface area contributed by atoms with E-state index in [9.17, 15) is 0 Å². The SMILES string of the molecule is C=CCCCCCC(NCC)C1CCC(CC)C1. The Morgan fingerprint density at radius 3 is 2.67 bits per heavy atom. The molecule has 0 spiro atoms. The van der Waals surface area contributed by atoms with E-state index >= 15 is 0 Å². The fourth-order valence-electron chi connectivity index (χ4n) is 3.45. The van der Waals surface area contributed by atoms with Crippen LogP contribution in [0.25, 0.3) is 0 Å². The van der Waals surface area contributed by atoms with Gasteiger partial charge >= 0.3 is 0 Å². The van der Waals surface area contributed by atoms with Crippen molar-refractivity contribution in [3.05, 3.63) is 12.7 Å². The highest BCUT2D eigenvalue weighted by Crippen LogP contribution is 2.36. The minimum atomic E-state index is 0.787. The number of unbranched alkanes of at least 4 members (excludes halogenated alkanes) is 3. The molecule has 1 nitrogen and oxygen atoms in total. The lowest BCUT2D eigenvalue weighted by molar-refractivity contribution is 0.325. The minimum absolute atomic E-state index is 0.787. The summed E-state index contributed by atoms with van der Waals surface area (Å²) in [4.78, 5) is 0. The van der Waals surface area contributed by atoms with Crippen LogP contribution in [-0.2, 0) is 0 Å². The highest BCUT2D eigenvalue weighted by molar-refractivity contribution is 4.84. The molecule has 0 bridgehead atoms. The van der Waals surface area contributed by atoms with Crippen LogP contribution in [0.15, 0.2) is 12.7 Å². The lowest BCUT2D eigenvalue weighted by Crippen LogP contribution is -2.35. The molecule has 0 heterocycles. The Morgan fingerprint density at radius 1 is 1.22 bits per heavy atom. The smallest absolute Gasteiger partial charge is 0.00953 e. The van der Waals surface area contributed by atoms with Gasteiger partial charge in [-0.1, -0.05) is 45.6 Å². The third-order valence-corrected chi connectivity index (χ3v) is 4.62. The van der Waals surface area contributed by atoms with Crippen molar-refractivity contribution in [2.75, 3.05) is 6.54 Å². The zero-order valence-electron chi connectivity index (χ0n) is 12.6. The van der Waals surface area contributed by atoms with E-state index < -0.39 is 0 Å². The number of hydrogen-bond acceptors (Lipinski definition) is 1. The first-order valence-electron chi connectivity index (χ1n) is 8.16. The second-order valence-corrected chi connectivity index (χ2v) is 5.94. The molecule has 1 N–H and O–H groups in total. The quantitative estimate of drug-likeness (QED) is 0.429. The summed E-state index contributed by atoms with van der Waals surface area (Å²) in [6.07, 6.45) is 14.5. The number of rotatable bonds is 10. The van der Waals surface area contributed by atoms with E-state index in [0.29, 0.717) is 0 Å². The van der Waals surface area contributed by atoms with Crippen molar-refractivity contribution in [2.24, 2.45) is 11.8 Å². The molecule has 106 valence electrons. The fourth-order valence-corrected chi connectivity index (χ4v) is 3.45. The van der Waals surface area contributed by atoms with Gasteiger partial charge in [0.05, 0.1) is 0 Å². The zero-order valence-corrected chi connectivity index (χ0v) is 12.6. The molecule has 3 unspecified atom stereocenters. The van der Waals surface area contributed by atoms with Crippen LogP contribution in [0.3, 0.4) is 0 Å². The maximum Gasteiger partial charge on any atom is 0.00953 e. The molecule has 0 radical (unpaired) electrons. The van der Waals surface area contributed by atoms with Gasteiger partial charge in [-0.25, -0.2) is 0 Å². The summed E-state index contributed by atoms with van der Waals surface area (Å²) in [6, 6.07) is 0.787. The van der Waals surface area contributed by atoms with E-state index in [1.807, 2.05) is 6.08 Å². The molecule has 1 saturated carbocycles. The molecule has 18 heavy (non-hydrogen) atoms. The van der Waals surface area contributed by atoms with E-state index in [4.69, 9.17) is 0 Å². The van der Waals surface area contributed by atoms with Crippen molar-refractivity contribution in [1.29, 1.82) is 0 Å². The Hall–Kier alpha value is -0.300. The Kier molecular flexibility index (Phi) is 8.41. The van der Waals surface area contributed by atoms with E-state index in [-0.39, 0.29) is 0 Å². The Bertz CT molecular complexity index is 212. The number of allylic oxidation sites excluding steroid dienone is 1. The summed E-state index contributed by atoms with van der Waals surface area (Å²) >= 11 is 0. The van der Waals surface area contributed by atoms with Crippen LogP contribution < -0.4 is 5.32 Å². The Morgan fingerprint density at radius 2 is 2.06 bits per heavy atom. The van der Waals surface area contributed by atoms with Gasteiger partial charge in [0.2, 0.25) is 0 Å². The highest BCUT2D eigenvalue weighted by atomic mass is 14.9. The maximum absolute atomic E-state index is 3.79. The topological polar surface area (TPSA) is 12.0 Å². The first-order chi connectivity index (χ1) is 8.81. The first-order valence-corrected chi connectivity index (χ1v) is 8.16. The highest BCUT2D eigenvalue weighted by Gasteiger charge is 2.28. The van der Waals surface area contributed by atoms with Crippen LogP contribution in [0, 0.1) is 11.8 Å². The molecule has 1 fully saturated rings. The fraction of sp³-hybridized carbons (Fsp3) is 0.882. The molecule has 1 aliphatic rings. The third kappa shape index (κ3) is 5.56. The zero-order chi connectivity index (χ0) is 13.2. The molecule has 0 aromatic heterocycles. The van der Waals surface area contributed by atoms with Crippen molar-refractivity contribution in [3.63, 3.8) is 0 Å². The molecule has 0 aliphatic heterocycles. The van der Waals surface area contributed by atoms with E-state index in [0.717, 1.165) is 24.4 Å². The van der Waals surface area contributed by atoms with Crippen molar-refractivity contribution in [2.45, 2.75) is 77.7 Å². The molecule has 3 atom stereocenters. The van der Waals surface area contributed by atoms with Gasteiger partial charge in [0, 0.05) is 6.04 Å². The van der Waals surface area contributed by atoms with Crippen LogP contribution in [0.1, 0.15) is 71.6 Å². The lowest BCUT2D eigenvalue weighted by Gasteiger charge is -2.24. The molecule has 1 rings (SSSR count). The van der Waals surface area contributed by atoms with Crippen LogP contribution >= 0.6 is 0 Å². The van der Waals surface area contributed by atoms with Crippen LogP contribution in [-0.4, -0.2) is 12.6 Å². The summed E-state index contributed by atoms with van der Waals surface area (Å²) in [7, 11) is 0. The minimum Gasteiger partial charge on any atom is -0.314 e. The van der Waals surface area contributed by atoms with E-state index in [2.05, 4.69) is 25.7 Å².